The summed E-state index contributed by atoms with van der Waals surface area (Å²) < 4.78 is 21.1. The Morgan fingerprint density at radius 2 is 1.81 bits per heavy atom. The molecule has 0 radical (unpaired) electrons. The van der Waals surface area contributed by atoms with Crippen LogP contribution in [0.1, 0.15) is 0 Å². The summed E-state index contributed by atoms with van der Waals surface area (Å²) in [6.45, 7) is -0.0876. The van der Waals surface area contributed by atoms with E-state index in [1.54, 1.807) is 0 Å². The average Bonchev–Trinajstić information content (AvgIpc) is 2.38. The van der Waals surface area contributed by atoms with Gasteiger partial charge in [0.15, 0.2) is 20.0 Å². The molecule has 1 aliphatic rings. The molecule has 0 spiro atoms. The Bertz CT molecular complexity index is 389. The van der Waals surface area contributed by atoms with Crippen LogP contribution >= 0.6 is 58.0 Å². The number of alkyl halides is 5. The number of hydrogen-bond acceptors (Lipinski definition) is 3. The number of carbonyl (C=O) groups excluding carboxylic acids is 1. The van der Waals surface area contributed by atoms with Crippen molar-refractivity contribution in [1.82, 2.24) is 4.90 Å². The number of nitrogens with zero attached hydrogens (tertiary/aromatic N) is 1. The van der Waals surface area contributed by atoms with Crippen LogP contribution in [0.15, 0.2) is 0 Å². The second kappa shape index (κ2) is 4.86. The summed E-state index contributed by atoms with van der Waals surface area (Å²) in [5.74, 6) is -1.07. The number of sulfone groups is 1. The molecule has 94 valence electrons. The minimum atomic E-state index is -3.68. The van der Waals surface area contributed by atoms with Crippen LogP contribution in [0.2, 0.25) is 0 Å². The summed E-state index contributed by atoms with van der Waals surface area (Å²) in [5.41, 5.74) is 0. The fourth-order valence-electron chi connectivity index (χ4n) is 1.38. The summed E-state index contributed by atoms with van der Waals surface area (Å²) in [5, 5.41) is -1.54. The molecule has 0 aromatic rings. The van der Waals surface area contributed by atoms with Crippen molar-refractivity contribution < 1.29 is 13.2 Å². The number of amides is 1. The van der Waals surface area contributed by atoms with Gasteiger partial charge in [-0.2, -0.15) is 0 Å². The first-order chi connectivity index (χ1) is 7.07. The molecule has 1 unspecified atom stereocenters. The molecule has 1 aliphatic heterocycles. The largest absolute Gasteiger partial charge is 0.319 e. The van der Waals surface area contributed by atoms with Crippen molar-refractivity contribution in [3.05, 3.63) is 0 Å². The Morgan fingerprint density at radius 3 is 2.19 bits per heavy atom. The van der Waals surface area contributed by atoms with E-state index in [2.05, 4.69) is 0 Å². The predicted octanol–water partition coefficient (Wildman–Crippen LogP) is 1.74. The van der Waals surface area contributed by atoms with Crippen LogP contribution in [-0.2, 0) is 14.6 Å². The van der Waals surface area contributed by atoms with Crippen LogP contribution in [0.5, 0.6) is 0 Å². The van der Waals surface area contributed by atoms with Gasteiger partial charge < -0.3 is 4.90 Å². The predicted molar refractivity (Wildman–Crippen MR) is 65.1 cm³/mol. The molecular weight excluding hydrogens is 343 g/mol. The Morgan fingerprint density at radius 1 is 1.31 bits per heavy atom. The Labute approximate surface area is 118 Å². The lowest BCUT2D eigenvalue weighted by Crippen LogP contribution is -2.47. The van der Waals surface area contributed by atoms with Crippen molar-refractivity contribution in [2.75, 3.05) is 12.3 Å². The zero-order valence-corrected chi connectivity index (χ0v) is 12.1. The molecule has 1 fully saturated rings. The van der Waals surface area contributed by atoms with Gasteiger partial charge in [0.1, 0.15) is 0 Å². The first-order valence-corrected chi connectivity index (χ1v) is 7.66. The van der Waals surface area contributed by atoms with E-state index in [1.807, 2.05) is 0 Å². The van der Waals surface area contributed by atoms with Crippen LogP contribution in [-0.4, -0.2) is 45.5 Å². The van der Waals surface area contributed by atoms with Crippen LogP contribution < -0.4 is 0 Å². The van der Waals surface area contributed by atoms with Gasteiger partial charge in [0.2, 0.25) is 3.79 Å². The first-order valence-electron chi connectivity index (χ1n) is 3.94. The summed E-state index contributed by atoms with van der Waals surface area (Å²) >= 11 is 27.4. The lowest BCUT2D eigenvalue weighted by Gasteiger charge is -2.28. The fourth-order valence-corrected chi connectivity index (χ4v) is 4.88. The standard InChI is InChI=1S/C6H6Cl5NO3S/c7-3(8)4(13)12-1-2-16(14,15)5(12)6(9,10)11/h3,5H,1-2H2. The molecule has 0 aromatic heterocycles. The van der Waals surface area contributed by atoms with Crippen LogP contribution in [0, 0.1) is 0 Å². The van der Waals surface area contributed by atoms with E-state index >= 15 is 0 Å². The summed E-state index contributed by atoms with van der Waals surface area (Å²) in [6.07, 6.45) is 0. The number of rotatable bonds is 1. The summed E-state index contributed by atoms with van der Waals surface area (Å²) in [4.78, 5) is 11.0. The Hall–Kier alpha value is 0.870. The minimum Gasteiger partial charge on any atom is -0.319 e. The van der Waals surface area contributed by atoms with Gasteiger partial charge in [-0.05, 0) is 0 Å². The van der Waals surface area contributed by atoms with Crippen molar-refractivity contribution >= 4 is 73.7 Å². The lowest BCUT2D eigenvalue weighted by molar-refractivity contribution is -0.129. The van der Waals surface area contributed by atoms with Crippen molar-refractivity contribution in [3.8, 4) is 0 Å². The van der Waals surface area contributed by atoms with Gasteiger partial charge in [0.25, 0.3) is 5.91 Å². The van der Waals surface area contributed by atoms with Gasteiger partial charge in [-0.1, -0.05) is 58.0 Å². The Balaban J connectivity index is 3.10. The molecule has 1 amide bonds. The van der Waals surface area contributed by atoms with Crippen molar-refractivity contribution in [2.24, 2.45) is 0 Å². The third-order valence-corrected chi connectivity index (χ3v) is 5.41. The Kier molecular flexibility index (Phi) is 4.54. The van der Waals surface area contributed by atoms with Gasteiger partial charge in [-0.25, -0.2) is 8.42 Å². The molecular formula is C6H6Cl5NO3S. The number of carbonyl (C=O) groups is 1. The van der Waals surface area contributed by atoms with E-state index in [0.29, 0.717) is 0 Å². The van der Waals surface area contributed by atoms with Crippen LogP contribution in [0.4, 0.5) is 0 Å². The van der Waals surface area contributed by atoms with E-state index in [4.69, 9.17) is 58.0 Å². The first kappa shape index (κ1) is 14.9. The van der Waals surface area contributed by atoms with E-state index in [0.717, 1.165) is 4.90 Å². The topological polar surface area (TPSA) is 54.5 Å². The maximum atomic E-state index is 11.6. The summed E-state index contributed by atoms with van der Waals surface area (Å²) in [6, 6.07) is 0. The molecule has 1 saturated heterocycles. The van der Waals surface area contributed by atoms with E-state index in [9.17, 15) is 13.2 Å². The fraction of sp³-hybridized carbons (Fsp3) is 0.833. The molecule has 10 heteroatoms. The molecule has 0 saturated carbocycles. The monoisotopic (exact) mass is 347 g/mol. The molecule has 1 rings (SSSR count). The maximum absolute atomic E-state index is 11.6. The van der Waals surface area contributed by atoms with Gasteiger partial charge in [-0.15, -0.1) is 0 Å². The average molecular weight is 349 g/mol. The minimum absolute atomic E-state index is 0.0876. The maximum Gasteiger partial charge on any atom is 0.257 e. The molecule has 0 N–H and O–H groups in total. The van der Waals surface area contributed by atoms with Gasteiger partial charge >= 0.3 is 0 Å². The molecule has 4 nitrogen and oxygen atoms in total. The molecule has 1 heterocycles. The molecule has 0 aromatic carbocycles. The third kappa shape index (κ3) is 3.00. The van der Waals surface area contributed by atoms with E-state index < -0.39 is 29.7 Å². The van der Waals surface area contributed by atoms with Gasteiger partial charge in [0.05, 0.1) is 5.75 Å². The zero-order chi connectivity index (χ0) is 12.7. The van der Waals surface area contributed by atoms with Crippen LogP contribution in [0.3, 0.4) is 0 Å². The molecule has 1 atom stereocenters. The SMILES string of the molecule is O=C(C(Cl)Cl)N1CCS(=O)(=O)C1C(Cl)(Cl)Cl. The zero-order valence-electron chi connectivity index (χ0n) is 7.54. The van der Waals surface area contributed by atoms with Crippen LogP contribution in [0.25, 0.3) is 0 Å². The lowest BCUT2D eigenvalue weighted by atomic mass is 10.5. The molecule has 0 bridgehead atoms. The van der Waals surface area contributed by atoms with Gasteiger partial charge in [-0.3, -0.25) is 4.79 Å². The molecule has 0 aliphatic carbocycles. The summed E-state index contributed by atoms with van der Waals surface area (Å²) in [7, 11) is -3.68. The highest BCUT2D eigenvalue weighted by atomic mass is 35.6. The normalized spacial score (nSPS) is 25.1. The highest BCUT2D eigenvalue weighted by Crippen LogP contribution is 2.40. The highest BCUT2D eigenvalue weighted by molar-refractivity contribution is 7.92. The molecule has 16 heavy (non-hydrogen) atoms. The van der Waals surface area contributed by atoms with E-state index in [1.165, 1.54) is 0 Å². The quantitative estimate of drug-likeness (QED) is 0.678. The van der Waals surface area contributed by atoms with Crippen molar-refractivity contribution in [2.45, 2.75) is 14.0 Å². The second-order valence-corrected chi connectivity index (χ2v) is 8.74. The second-order valence-electron chi connectivity index (χ2n) is 3.09. The van der Waals surface area contributed by atoms with Gasteiger partial charge in [0, 0.05) is 6.54 Å². The van der Waals surface area contributed by atoms with Crippen molar-refractivity contribution in [1.29, 1.82) is 0 Å². The smallest absolute Gasteiger partial charge is 0.257 e. The van der Waals surface area contributed by atoms with E-state index in [-0.39, 0.29) is 12.3 Å². The number of halogens is 5. The van der Waals surface area contributed by atoms with Crippen molar-refractivity contribution in [3.63, 3.8) is 0 Å². The third-order valence-electron chi connectivity index (χ3n) is 1.99. The number of hydrogen-bond donors (Lipinski definition) is 0. The highest BCUT2D eigenvalue weighted by Gasteiger charge is 2.53.